The quantitative estimate of drug-likeness (QED) is 0.808. The number of hydrogen-bond acceptors (Lipinski definition) is 1. The first-order valence-electron chi connectivity index (χ1n) is 6.38. The first-order chi connectivity index (χ1) is 8.74. The van der Waals surface area contributed by atoms with Gasteiger partial charge in [0.2, 0.25) is 0 Å². The highest BCUT2D eigenvalue weighted by atomic mass is 35.5. The molecule has 1 atom stereocenters. The van der Waals surface area contributed by atoms with Gasteiger partial charge in [-0.1, -0.05) is 35.9 Å². The summed E-state index contributed by atoms with van der Waals surface area (Å²) in [7, 11) is 0. The Kier molecular flexibility index (Phi) is 3.11. The maximum absolute atomic E-state index is 6.20. The minimum atomic E-state index is 0.188. The highest BCUT2D eigenvalue weighted by molar-refractivity contribution is 6.30. The van der Waals surface area contributed by atoms with Gasteiger partial charge in [0.15, 0.2) is 0 Å². The highest BCUT2D eigenvalue weighted by Crippen LogP contribution is 2.32. The highest BCUT2D eigenvalue weighted by Gasteiger charge is 2.17. The number of fused-ring (bicyclic) bond motifs is 1. The number of hydrogen-bond donors (Lipinski definition) is 1. The Bertz CT molecular complexity index is 577. The summed E-state index contributed by atoms with van der Waals surface area (Å²) in [4.78, 5) is 0. The van der Waals surface area contributed by atoms with E-state index in [0.29, 0.717) is 0 Å². The van der Waals surface area contributed by atoms with Gasteiger partial charge in [-0.3, -0.25) is 0 Å². The fraction of sp³-hybridized carbons (Fsp3) is 0.250. The third-order valence-corrected chi connectivity index (χ3v) is 3.90. The van der Waals surface area contributed by atoms with E-state index >= 15 is 0 Å². The van der Waals surface area contributed by atoms with E-state index in [2.05, 4.69) is 24.3 Å². The van der Waals surface area contributed by atoms with E-state index < -0.39 is 0 Å². The zero-order chi connectivity index (χ0) is 12.5. The lowest BCUT2D eigenvalue weighted by Crippen LogP contribution is -2.17. The Morgan fingerprint density at radius 2 is 1.89 bits per heavy atom. The molecule has 0 amide bonds. The second-order valence-corrected chi connectivity index (χ2v) is 5.36. The summed E-state index contributed by atoms with van der Waals surface area (Å²) in [5.41, 5.74) is 11.3. The standard InChI is InChI=1S/C16H16ClN/c17-14-5-1-4-12(9-14)13-8-7-11-3-2-6-16(18)15(11)10-13/h1,4-5,7-10,16H,2-3,6,18H2. The smallest absolute Gasteiger partial charge is 0.0412 e. The molecule has 1 nitrogen and oxygen atoms in total. The van der Waals surface area contributed by atoms with Crippen LogP contribution in [-0.2, 0) is 6.42 Å². The summed E-state index contributed by atoms with van der Waals surface area (Å²) in [5, 5.41) is 0.773. The monoisotopic (exact) mass is 257 g/mol. The van der Waals surface area contributed by atoms with Gasteiger partial charge < -0.3 is 5.73 Å². The van der Waals surface area contributed by atoms with Crippen molar-refractivity contribution in [1.82, 2.24) is 0 Å². The van der Waals surface area contributed by atoms with Gasteiger partial charge in [0.1, 0.15) is 0 Å². The van der Waals surface area contributed by atoms with Gasteiger partial charge in [0.05, 0.1) is 0 Å². The first-order valence-corrected chi connectivity index (χ1v) is 6.76. The van der Waals surface area contributed by atoms with Crippen LogP contribution in [0.15, 0.2) is 42.5 Å². The minimum absolute atomic E-state index is 0.188. The largest absolute Gasteiger partial charge is 0.324 e. The van der Waals surface area contributed by atoms with Crippen molar-refractivity contribution in [3.63, 3.8) is 0 Å². The van der Waals surface area contributed by atoms with E-state index in [0.717, 1.165) is 23.4 Å². The van der Waals surface area contributed by atoms with E-state index in [1.807, 2.05) is 18.2 Å². The van der Waals surface area contributed by atoms with Crippen molar-refractivity contribution in [2.45, 2.75) is 25.3 Å². The lowest BCUT2D eigenvalue weighted by Gasteiger charge is -2.23. The molecular formula is C16H16ClN. The van der Waals surface area contributed by atoms with Crippen LogP contribution in [0, 0.1) is 0 Å². The molecule has 2 aromatic carbocycles. The van der Waals surface area contributed by atoms with Crippen LogP contribution in [0.1, 0.15) is 30.0 Å². The molecule has 18 heavy (non-hydrogen) atoms. The zero-order valence-corrected chi connectivity index (χ0v) is 11.0. The van der Waals surface area contributed by atoms with Crippen molar-refractivity contribution in [3.05, 3.63) is 58.6 Å². The molecule has 0 saturated heterocycles. The second kappa shape index (κ2) is 4.75. The molecule has 1 aliphatic rings. The van der Waals surface area contributed by atoms with Crippen LogP contribution in [-0.4, -0.2) is 0 Å². The Labute approximate surface area is 113 Å². The fourth-order valence-electron chi connectivity index (χ4n) is 2.68. The topological polar surface area (TPSA) is 26.0 Å². The molecule has 0 aliphatic heterocycles. The van der Waals surface area contributed by atoms with Crippen LogP contribution in [0.4, 0.5) is 0 Å². The molecule has 0 saturated carbocycles. The van der Waals surface area contributed by atoms with Crippen LogP contribution in [0.5, 0.6) is 0 Å². The maximum atomic E-state index is 6.20. The third-order valence-electron chi connectivity index (χ3n) is 3.66. The van der Waals surface area contributed by atoms with Crippen LogP contribution in [0.25, 0.3) is 11.1 Å². The van der Waals surface area contributed by atoms with Crippen molar-refractivity contribution < 1.29 is 0 Å². The number of benzene rings is 2. The summed E-state index contributed by atoms with van der Waals surface area (Å²) < 4.78 is 0. The molecule has 0 aromatic heterocycles. The molecule has 3 rings (SSSR count). The molecule has 2 heteroatoms. The van der Waals surface area contributed by atoms with Crippen LogP contribution >= 0.6 is 11.6 Å². The normalized spacial score (nSPS) is 18.4. The molecule has 1 aliphatic carbocycles. The molecule has 0 spiro atoms. The van der Waals surface area contributed by atoms with E-state index in [-0.39, 0.29) is 6.04 Å². The van der Waals surface area contributed by atoms with Gasteiger partial charge in [0.25, 0.3) is 0 Å². The van der Waals surface area contributed by atoms with Gasteiger partial charge in [-0.15, -0.1) is 0 Å². The van der Waals surface area contributed by atoms with Crippen LogP contribution < -0.4 is 5.73 Å². The number of rotatable bonds is 1. The Morgan fingerprint density at radius 3 is 2.72 bits per heavy atom. The Morgan fingerprint density at radius 1 is 1.06 bits per heavy atom. The predicted molar refractivity (Wildman–Crippen MR) is 76.8 cm³/mol. The molecule has 2 N–H and O–H groups in total. The summed E-state index contributed by atoms with van der Waals surface area (Å²) in [5.74, 6) is 0. The van der Waals surface area contributed by atoms with E-state index in [4.69, 9.17) is 17.3 Å². The van der Waals surface area contributed by atoms with Crippen molar-refractivity contribution in [1.29, 1.82) is 0 Å². The van der Waals surface area contributed by atoms with Crippen molar-refractivity contribution in [2.75, 3.05) is 0 Å². The molecule has 0 fully saturated rings. The molecule has 0 radical (unpaired) electrons. The van der Waals surface area contributed by atoms with Crippen molar-refractivity contribution in [2.24, 2.45) is 5.73 Å². The predicted octanol–water partition coefficient (Wildman–Crippen LogP) is 4.34. The lowest BCUT2D eigenvalue weighted by molar-refractivity contribution is 0.571. The van der Waals surface area contributed by atoms with Gasteiger partial charge >= 0.3 is 0 Å². The van der Waals surface area contributed by atoms with Gasteiger partial charge in [-0.05, 0) is 59.7 Å². The molecule has 1 unspecified atom stereocenters. The molecule has 0 bridgehead atoms. The zero-order valence-electron chi connectivity index (χ0n) is 10.2. The SMILES string of the molecule is NC1CCCc2ccc(-c3cccc(Cl)c3)cc21. The van der Waals surface area contributed by atoms with Gasteiger partial charge in [-0.2, -0.15) is 0 Å². The minimum Gasteiger partial charge on any atom is -0.324 e. The van der Waals surface area contributed by atoms with Gasteiger partial charge in [0, 0.05) is 11.1 Å². The average Bonchev–Trinajstić information content (AvgIpc) is 2.39. The Balaban J connectivity index is 2.06. The summed E-state index contributed by atoms with van der Waals surface area (Å²) in [6.45, 7) is 0. The van der Waals surface area contributed by atoms with E-state index in [1.54, 1.807) is 0 Å². The molecule has 0 heterocycles. The van der Waals surface area contributed by atoms with Crippen LogP contribution in [0.2, 0.25) is 5.02 Å². The number of halogens is 1. The lowest BCUT2D eigenvalue weighted by atomic mass is 9.86. The second-order valence-electron chi connectivity index (χ2n) is 4.92. The molecular weight excluding hydrogens is 242 g/mol. The average molecular weight is 258 g/mol. The van der Waals surface area contributed by atoms with Crippen molar-refractivity contribution in [3.8, 4) is 11.1 Å². The van der Waals surface area contributed by atoms with E-state index in [9.17, 15) is 0 Å². The summed E-state index contributed by atoms with van der Waals surface area (Å²) >= 11 is 6.04. The summed E-state index contributed by atoms with van der Waals surface area (Å²) in [6, 6.07) is 14.8. The van der Waals surface area contributed by atoms with Crippen LogP contribution in [0.3, 0.4) is 0 Å². The molecule has 92 valence electrons. The van der Waals surface area contributed by atoms with Crippen molar-refractivity contribution >= 4 is 11.6 Å². The first kappa shape index (κ1) is 11.8. The maximum Gasteiger partial charge on any atom is 0.0412 e. The fourth-order valence-corrected chi connectivity index (χ4v) is 2.87. The number of nitrogens with two attached hydrogens (primary N) is 1. The molecule has 2 aromatic rings. The van der Waals surface area contributed by atoms with Gasteiger partial charge in [-0.25, -0.2) is 0 Å². The number of aryl methyl sites for hydroxylation is 1. The third kappa shape index (κ3) is 2.16. The summed E-state index contributed by atoms with van der Waals surface area (Å²) in [6.07, 6.45) is 3.44. The Hall–Kier alpha value is -1.31. The van der Waals surface area contributed by atoms with E-state index in [1.165, 1.54) is 23.1 Å².